The van der Waals surface area contributed by atoms with Crippen LogP contribution in [0.5, 0.6) is 5.75 Å². The molecule has 3 heterocycles. The Hall–Kier alpha value is -3.82. The fourth-order valence-electron chi connectivity index (χ4n) is 4.28. The van der Waals surface area contributed by atoms with E-state index in [9.17, 15) is 9.18 Å². The number of nitrogens with zero attached hydrogens (tertiary/aromatic N) is 3. The molecular formula is C28H27ClFN5O3. The summed E-state index contributed by atoms with van der Waals surface area (Å²) < 4.78 is 25.4. The van der Waals surface area contributed by atoms with Crippen LogP contribution >= 0.6 is 11.6 Å². The monoisotopic (exact) mass is 535 g/mol. The molecule has 2 N–H and O–H groups in total. The third-order valence-corrected chi connectivity index (χ3v) is 6.78. The number of benzene rings is 2. The Labute approximate surface area is 224 Å². The number of anilines is 1. The number of aromatic amines is 1. The highest BCUT2D eigenvalue weighted by molar-refractivity contribution is 6.33. The summed E-state index contributed by atoms with van der Waals surface area (Å²) >= 11 is 6.56. The standard InChI is InChI=1S/C28H27ClFN5O3/c1-17-15-31-25(33-28(36)27-32-26(34-35-27)12-19-4-2-3-5-24(19)30)14-21(17)22-13-20(6-7-23(22)29)38-16-18-8-10-37-11-9-18/h2-7,13-15,18H,8-12,16H2,1H3,(H,31,33,36)(H,32,34,35). The average Bonchev–Trinajstić information content (AvgIpc) is 3.40. The average molecular weight is 536 g/mol. The first-order chi connectivity index (χ1) is 18.5. The van der Waals surface area contributed by atoms with Crippen molar-refractivity contribution in [2.75, 3.05) is 25.1 Å². The highest BCUT2D eigenvalue weighted by Crippen LogP contribution is 2.34. The van der Waals surface area contributed by atoms with Crippen molar-refractivity contribution in [1.29, 1.82) is 0 Å². The van der Waals surface area contributed by atoms with Gasteiger partial charge in [-0.2, -0.15) is 0 Å². The second kappa shape index (κ2) is 11.7. The second-order valence-electron chi connectivity index (χ2n) is 9.22. The normalized spacial score (nSPS) is 13.9. The number of carbonyl (C=O) groups excluding carboxylic acids is 1. The highest BCUT2D eigenvalue weighted by Gasteiger charge is 2.18. The number of H-pyrrole nitrogens is 1. The van der Waals surface area contributed by atoms with Crippen LogP contribution in [-0.4, -0.2) is 45.9 Å². The molecule has 1 saturated heterocycles. The van der Waals surface area contributed by atoms with E-state index in [-0.39, 0.29) is 18.1 Å². The molecule has 2 aromatic carbocycles. The third kappa shape index (κ3) is 6.17. The number of hydrogen-bond acceptors (Lipinski definition) is 6. The highest BCUT2D eigenvalue weighted by atomic mass is 35.5. The van der Waals surface area contributed by atoms with Gasteiger partial charge in [0.05, 0.1) is 6.61 Å². The minimum atomic E-state index is -0.539. The lowest BCUT2D eigenvalue weighted by Crippen LogP contribution is -2.21. The lowest BCUT2D eigenvalue weighted by molar-refractivity contribution is 0.0497. The maximum Gasteiger partial charge on any atom is 0.296 e. The molecular weight excluding hydrogens is 509 g/mol. The van der Waals surface area contributed by atoms with Crippen molar-refractivity contribution < 1.29 is 18.7 Å². The van der Waals surface area contributed by atoms with Gasteiger partial charge in [-0.3, -0.25) is 9.89 Å². The van der Waals surface area contributed by atoms with Gasteiger partial charge < -0.3 is 14.8 Å². The largest absolute Gasteiger partial charge is 0.493 e. The molecule has 0 atom stereocenters. The molecule has 0 radical (unpaired) electrons. The van der Waals surface area contributed by atoms with Gasteiger partial charge in [-0.15, -0.1) is 5.10 Å². The van der Waals surface area contributed by atoms with E-state index in [2.05, 4.69) is 25.5 Å². The molecule has 5 rings (SSSR count). The maximum atomic E-state index is 13.9. The predicted molar refractivity (Wildman–Crippen MR) is 142 cm³/mol. The zero-order valence-corrected chi connectivity index (χ0v) is 21.6. The van der Waals surface area contributed by atoms with Crippen molar-refractivity contribution in [2.45, 2.75) is 26.2 Å². The summed E-state index contributed by atoms with van der Waals surface area (Å²) in [6, 6.07) is 13.7. The maximum absolute atomic E-state index is 13.9. The Morgan fingerprint density at radius 1 is 1.18 bits per heavy atom. The summed E-state index contributed by atoms with van der Waals surface area (Å²) in [6.07, 6.45) is 3.83. The van der Waals surface area contributed by atoms with Gasteiger partial charge in [0.15, 0.2) is 0 Å². The van der Waals surface area contributed by atoms with Crippen LogP contribution in [0.25, 0.3) is 11.1 Å². The molecule has 1 amide bonds. The molecule has 0 bridgehead atoms. The number of aryl methyl sites for hydroxylation is 1. The van der Waals surface area contributed by atoms with Gasteiger partial charge in [0, 0.05) is 36.4 Å². The van der Waals surface area contributed by atoms with E-state index in [4.69, 9.17) is 21.1 Å². The molecule has 4 aromatic rings. The summed E-state index contributed by atoms with van der Waals surface area (Å²) in [5, 5.41) is 9.96. The third-order valence-electron chi connectivity index (χ3n) is 6.45. The van der Waals surface area contributed by atoms with Crippen LogP contribution in [-0.2, 0) is 11.2 Å². The zero-order chi connectivity index (χ0) is 26.5. The molecule has 10 heteroatoms. The van der Waals surface area contributed by atoms with Crippen molar-refractivity contribution in [3.05, 3.63) is 88.3 Å². The quantitative estimate of drug-likeness (QED) is 0.304. The molecule has 0 aliphatic carbocycles. The molecule has 196 valence electrons. The van der Waals surface area contributed by atoms with Crippen LogP contribution in [0, 0.1) is 18.7 Å². The minimum absolute atomic E-state index is 0.0678. The molecule has 0 unspecified atom stereocenters. The van der Waals surface area contributed by atoms with Gasteiger partial charge in [0.25, 0.3) is 5.91 Å². The van der Waals surface area contributed by atoms with Gasteiger partial charge in [0.1, 0.15) is 23.2 Å². The molecule has 38 heavy (non-hydrogen) atoms. The number of rotatable bonds is 8. The number of nitrogens with one attached hydrogen (secondary N) is 2. The van der Waals surface area contributed by atoms with E-state index < -0.39 is 5.91 Å². The molecule has 0 spiro atoms. The van der Waals surface area contributed by atoms with Gasteiger partial charge in [-0.25, -0.2) is 14.4 Å². The van der Waals surface area contributed by atoms with Crippen LogP contribution in [0.1, 0.15) is 40.4 Å². The van der Waals surface area contributed by atoms with Crippen LogP contribution < -0.4 is 10.1 Å². The van der Waals surface area contributed by atoms with Gasteiger partial charge >= 0.3 is 0 Å². The molecule has 1 aliphatic heterocycles. The van der Waals surface area contributed by atoms with Crippen LogP contribution in [0.2, 0.25) is 5.02 Å². The number of halogens is 2. The molecule has 2 aromatic heterocycles. The number of amides is 1. The number of hydrogen-bond donors (Lipinski definition) is 2. The number of pyridine rings is 1. The van der Waals surface area contributed by atoms with Gasteiger partial charge in [-0.1, -0.05) is 29.8 Å². The Morgan fingerprint density at radius 2 is 2.00 bits per heavy atom. The van der Waals surface area contributed by atoms with E-state index in [1.807, 2.05) is 19.1 Å². The predicted octanol–water partition coefficient (Wildman–Crippen LogP) is 5.62. The van der Waals surface area contributed by atoms with Crippen molar-refractivity contribution in [3.63, 3.8) is 0 Å². The number of aromatic nitrogens is 4. The summed E-state index contributed by atoms with van der Waals surface area (Å²) in [5.74, 6) is 0.937. The summed E-state index contributed by atoms with van der Waals surface area (Å²) in [6.45, 7) is 4.08. The molecule has 8 nitrogen and oxygen atoms in total. The van der Waals surface area contributed by atoms with E-state index >= 15 is 0 Å². The van der Waals surface area contributed by atoms with Gasteiger partial charge in [-0.05, 0) is 72.7 Å². The van der Waals surface area contributed by atoms with Crippen molar-refractivity contribution >= 4 is 23.3 Å². The summed E-state index contributed by atoms with van der Waals surface area (Å²) in [5.41, 5.74) is 2.93. The van der Waals surface area contributed by atoms with E-state index in [1.54, 1.807) is 36.5 Å². The van der Waals surface area contributed by atoms with E-state index in [0.717, 1.165) is 48.5 Å². The topological polar surface area (TPSA) is 102 Å². The first kappa shape index (κ1) is 25.8. The van der Waals surface area contributed by atoms with Crippen LogP contribution in [0.4, 0.5) is 10.2 Å². The summed E-state index contributed by atoms with van der Waals surface area (Å²) in [7, 11) is 0. The summed E-state index contributed by atoms with van der Waals surface area (Å²) in [4.78, 5) is 21.4. The number of carbonyl (C=O) groups is 1. The Balaban J connectivity index is 1.29. The molecule has 1 fully saturated rings. The number of ether oxygens (including phenoxy) is 2. The smallest absolute Gasteiger partial charge is 0.296 e. The van der Waals surface area contributed by atoms with Crippen LogP contribution in [0.3, 0.4) is 0 Å². The minimum Gasteiger partial charge on any atom is -0.493 e. The fourth-order valence-corrected chi connectivity index (χ4v) is 4.50. The van der Waals surface area contributed by atoms with Crippen molar-refractivity contribution in [3.8, 4) is 16.9 Å². The fraction of sp³-hybridized carbons (Fsp3) is 0.286. The Morgan fingerprint density at radius 3 is 2.82 bits per heavy atom. The molecule has 0 saturated carbocycles. The van der Waals surface area contributed by atoms with Crippen LogP contribution in [0.15, 0.2) is 54.7 Å². The first-order valence-electron chi connectivity index (χ1n) is 12.4. The van der Waals surface area contributed by atoms with E-state index in [0.29, 0.717) is 34.8 Å². The first-order valence-corrected chi connectivity index (χ1v) is 12.8. The molecule has 1 aliphatic rings. The lowest BCUT2D eigenvalue weighted by Gasteiger charge is -2.22. The lowest BCUT2D eigenvalue weighted by atomic mass is 10.0. The Kier molecular flexibility index (Phi) is 7.95. The SMILES string of the molecule is Cc1cnc(NC(=O)c2n[nH]c(Cc3ccccc3F)n2)cc1-c1cc(OCC2CCOCC2)ccc1Cl. The second-order valence-corrected chi connectivity index (χ2v) is 9.63. The van der Waals surface area contributed by atoms with Crippen molar-refractivity contribution in [1.82, 2.24) is 20.2 Å². The van der Waals surface area contributed by atoms with Crippen molar-refractivity contribution in [2.24, 2.45) is 5.92 Å². The van der Waals surface area contributed by atoms with Gasteiger partial charge in [0.2, 0.25) is 5.82 Å². The zero-order valence-electron chi connectivity index (χ0n) is 20.8. The Bertz CT molecular complexity index is 1440. The van der Waals surface area contributed by atoms with E-state index in [1.165, 1.54) is 6.07 Å².